The van der Waals surface area contributed by atoms with Crippen LogP contribution in [-0.2, 0) is 16.0 Å². The van der Waals surface area contributed by atoms with Gasteiger partial charge in [0.2, 0.25) is 5.91 Å². The zero-order valence-corrected chi connectivity index (χ0v) is 15.1. The van der Waals surface area contributed by atoms with Gasteiger partial charge in [0.05, 0.1) is 12.7 Å². The van der Waals surface area contributed by atoms with Crippen molar-refractivity contribution in [3.8, 4) is 0 Å². The van der Waals surface area contributed by atoms with E-state index in [1.807, 2.05) is 18.2 Å². The lowest BCUT2D eigenvalue weighted by Crippen LogP contribution is -2.47. The topological polar surface area (TPSA) is 32.8 Å². The molecule has 3 fully saturated rings. The summed E-state index contributed by atoms with van der Waals surface area (Å²) in [6.45, 7) is 6.21. The molecule has 136 valence electrons. The van der Waals surface area contributed by atoms with E-state index in [0.717, 1.165) is 39.1 Å². The second-order valence-electron chi connectivity index (χ2n) is 7.92. The fourth-order valence-electron chi connectivity index (χ4n) is 4.72. The molecule has 0 N–H and O–H groups in total. The molecule has 0 radical (unpaired) electrons. The van der Waals surface area contributed by atoms with Gasteiger partial charge in [-0.05, 0) is 50.3 Å². The van der Waals surface area contributed by atoms with Gasteiger partial charge in [-0.3, -0.25) is 4.79 Å². The van der Waals surface area contributed by atoms with E-state index in [0.29, 0.717) is 30.3 Å². The summed E-state index contributed by atoms with van der Waals surface area (Å²) in [5, 5.41) is 0. The third-order valence-corrected chi connectivity index (χ3v) is 6.27. The van der Waals surface area contributed by atoms with Gasteiger partial charge in [0, 0.05) is 32.0 Å². The number of nitrogens with zero attached hydrogens (tertiary/aromatic N) is 2. The van der Waals surface area contributed by atoms with E-state index >= 15 is 0 Å². The lowest BCUT2D eigenvalue weighted by molar-refractivity contribution is -0.133. The summed E-state index contributed by atoms with van der Waals surface area (Å²) in [5.74, 6) is 1.51. The van der Waals surface area contributed by atoms with Crippen molar-refractivity contribution in [3.63, 3.8) is 0 Å². The molecule has 25 heavy (non-hydrogen) atoms. The molecule has 0 saturated carbocycles. The van der Waals surface area contributed by atoms with Gasteiger partial charge in [0.1, 0.15) is 0 Å². The summed E-state index contributed by atoms with van der Waals surface area (Å²) in [6.07, 6.45) is 5.55. The highest BCUT2D eigenvalue weighted by atomic mass is 16.5. The van der Waals surface area contributed by atoms with Crippen molar-refractivity contribution >= 4 is 5.91 Å². The summed E-state index contributed by atoms with van der Waals surface area (Å²) in [4.78, 5) is 17.3. The van der Waals surface area contributed by atoms with Crippen molar-refractivity contribution < 1.29 is 9.53 Å². The number of piperidine rings is 1. The van der Waals surface area contributed by atoms with Crippen LogP contribution in [0.3, 0.4) is 0 Å². The number of fused-ring (bicyclic) bond motifs is 1. The standard InChI is InChI=1S/C21H30N2O2/c24-21(9-8-17-6-2-1-3-7-17)23-13-10-18-16-25-20(19(18)14-23)15-22-11-4-5-12-22/h1-3,6-7,18-20H,4-5,8-16H2/t18-,19-,20+/m0/s1. The van der Waals surface area contributed by atoms with Crippen molar-refractivity contribution in [3.05, 3.63) is 35.9 Å². The van der Waals surface area contributed by atoms with E-state index in [9.17, 15) is 4.79 Å². The van der Waals surface area contributed by atoms with E-state index in [2.05, 4.69) is 21.9 Å². The Balaban J connectivity index is 1.30. The van der Waals surface area contributed by atoms with E-state index in [1.54, 1.807) is 0 Å². The Labute approximate surface area is 151 Å². The van der Waals surface area contributed by atoms with E-state index in [4.69, 9.17) is 4.74 Å². The summed E-state index contributed by atoms with van der Waals surface area (Å²) in [7, 11) is 0. The highest BCUT2D eigenvalue weighted by Gasteiger charge is 2.42. The first-order valence-corrected chi connectivity index (χ1v) is 9.95. The molecule has 1 aromatic carbocycles. The molecule has 3 saturated heterocycles. The van der Waals surface area contributed by atoms with Crippen molar-refractivity contribution in [2.24, 2.45) is 11.8 Å². The molecule has 3 aliphatic heterocycles. The van der Waals surface area contributed by atoms with E-state index in [1.165, 1.54) is 31.5 Å². The van der Waals surface area contributed by atoms with Gasteiger partial charge in [0.25, 0.3) is 0 Å². The number of amides is 1. The molecule has 4 rings (SSSR count). The average molecular weight is 342 g/mol. The van der Waals surface area contributed by atoms with Crippen LogP contribution in [0.25, 0.3) is 0 Å². The molecule has 1 amide bonds. The zero-order valence-electron chi connectivity index (χ0n) is 15.1. The Morgan fingerprint density at radius 3 is 2.72 bits per heavy atom. The Kier molecular flexibility index (Phi) is 5.37. The van der Waals surface area contributed by atoms with E-state index < -0.39 is 0 Å². The molecule has 3 atom stereocenters. The predicted octanol–water partition coefficient (Wildman–Crippen LogP) is 2.58. The molecule has 3 aliphatic rings. The normalized spacial score (nSPS) is 29.8. The first-order chi connectivity index (χ1) is 12.3. The summed E-state index contributed by atoms with van der Waals surface area (Å²) >= 11 is 0. The van der Waals surface area contributed by atoms with E-state index in [-0.39, 0.29) is 0 Å². The highest BCUT2D eigenvalue weighted by molar-refractivity contribution is 5.76. The largest absolute Gasteiger partial charge is 0.376 e. The summed E-state index contributed by atoms with van der Waals surface area (Å²) in [6, 6.07) is 10.3. The molecule has 0 bridgehead atoms. The van der Waals surface area contributed by atoms with Crippen LogP contribution in [-0.4, -0.2) is 61.1 Å². The van der Waals surface area contributed by atoms with Gasteiger partial charge in [-0.15, -0.1) is 0 Å². The Morgan fingerprint density at radius 1 is 1.12 bits per heavy atom. The number of hydrogen-bond donors (Lipinski definition) is 0. The maximum Gasteiger partial charge on any atom is 0.222 e. The van der Waals surface area contributed by atoms with Crippen LogP contribution in [0, 0.1) is 11.8 Å². The molecule has 3 heterocycles. The zero-order chi connectivity index (χ0) is 17.1. The quantitative estimate of drug-likeness (QED) is 0.824. The summed E-state index contributed by atoms with van der Waals surface area (Å²) in [5.41, 5.74) is 1.25. The fourth-order valence-corrected chi connectivity index (χ4v) is 4.72. The maximum absolute atomic E-state index is 12.7. The minimum absolute atomic E-state index is 0.314. The molecule has 0 aliphatic carbocycles. The number of ether oxygens (including phenoxy) is 1. The smallest absolute Gasteiger partial charge is 0.222 e. The predicted molar refractivity (Wildman–Crippen MR) is 98.4 cm³/mol. The molecule has 4 heteroatoms. The minimum atomic E-state index is 0.314. The summed E-state index contributed by atoms with van der Waals surface area (Å²) < 4.78 is 6.14. The second-order valence-corrected chi connectivity index (χ2v) is 7.92. The van der Waals surface area contributed by atoms with Crippen LogP contribution < -0.4 is 0 Å². The third-order valence-electron chi connectivity index (χ3n) is 6.27. The number of carbonyl (C=O) groups excluding carboxylic acids is 1. The SMILES string of the molecule is O=C(CCc1ccccc1)N1CC[C@H]2CO[C@H](CN3CCCC3)[C@H]2C1. The van der Waals surface area contributed by atoms with Crippen LogP contribution in [0.1, 0.15) is 31.2 Å². The molecule has 0 spiro atoms. The molecular formula is C21H30N2O2. The highest BCUT2D eigenvalue weighted by Crippen LogP contribution is 2.35. The third kappa shape index (κ3) is 4.06. The lowest BCUT2D eigenvalue weighted by Gasteiger charge is -2.37. The fraction of sp³-hybridized carbons (Fsp3) is 0.667. The van der Waals surface area contributed by atoms with Crippen LogP contribution in [0.4, 0.5) is 0 Å². The van der Waals surface area contributed by atoms with Gasteiger partial charge >= 0.3 is 0 Å². The number of hydrogen-bond acceptors (Lipinski definition) is 3. The Morgan fingerprint density at radius 2 is 1.92 bits per heavy atom. The number of benzene rings is 1. The molecule has 0 aromatic heterocycles. The van der Waals surface area contributed by atoms with Gasteiger partial charge in [-0.2, -0.15) is 0 Å². The van der Waals surface area contributed by atoms with Crippen molar-refractivity contribution in [1.82, 2.24) is 9.80 Å². The number of likely N-dealkylation sites (tertiary alicyclic amines) is 2. The van der Waals surface area contributed by atoms with Gasteiger partial charge < -0.3 is 14.5 Å². The lowest BCUT2D eigenvalue weighted by atomic mass is 9.84. The van der Waals surface area contributed by atoms with Gasteiger partial charge in [-0.1, -0.05) is 30.3 Å². The van der Waals surface area contributed by atoms with Crippen LogP contribution >= 0.6 is 0 Å². The van der Waals surface area contributed by atoms with Gasteiger partial charge in [-0.25, -0.2) is 0 Å². The average Bonchev–Trinajstić information content (AvgIpc) is 3.31. The number of rotatable bonds is 5. The Bertz CT molecular complexity index is 571. The number of aryl methyl sites for hydroxylation is 1. The second kappa shape index (κ2) is 7.88. The van der Waals surface area contributed by atoms with Crippen LogP contribution in [0.15, 0.2) is 30.3 Å². The Hall–Kier alpha value is -1.39. The first-order valence-electron chi connectivity index (χ1n) is 9.95. The van der Waals surface area contributed by atoms with Gasteiger partial charge in [0.15, 0.2) is 0 Å². The molecule has 0 unspecified atom stereocenters. The first kappa shape index (κ1) is 17.0. The maximum atomic E-state index is 12.7. The monoisotopic (exact) mass is 342 g/mol. The van der Waals surface area contributed by atoms with Crippen LogP contribution in [0.5, 0.6) is 0 Å². The van der Waals surface area contributed by atoms with Crippen molar-refractivity contribution in [2.75, 3.05) is 39.3 Å². The number of carbonyl (C=O) groups is 1. The van der Waals surface area contributed by atoms with Crippen molar-refractivity contribution in [1.29, 1.82) is 0 Å². The molecular weight excluding hydrogens is 312 g/mol. The van der Waals surface area contributed by atoms with Crippen molar-refractivity contribution in [2.45, 2.75) is 38.2 Å². The molecule has 1 aromatic rings. The van der Waals surface area contributed by atoms with Crippen LogP contribution in [0.2, 0.25) is 0 Å². The molecule has 4 nitrogen and oxygen atoms in total. The minimum Gasteiger partial charge on any atom is -0.376 e.